The molecule has 4 heteroatoms. The van der Waals surface area contributed by atoms with Crippen LogP contribution in [0.5, 0.6) is 5.75 Å². The van der Waals surface area contributed by atoms with Gasteiger partial charge in [-0.2, -0.15) is 0 Å². The number of amides is 1. The summed E-state index contributed by atoms with van der Waals surface area (Å²) in [6.45, 7) is 0.243. The largest absolute Gasteiger partial charge is 0.496 e. The maximum absolute atomic E-state index is 13.2. The second kappa shape index (κ2) is 6.70. The second-order valence-corrected chi connectivity index (χ2v) is 4.40. The molecule has 0 saturated carbocycles. The van der Waals surface area contributed by atoms with E-state index in [1.54, 1.807) is 6.07 Å². The summed E-state index contributed by atoms with van der Waals surface area (Å²) in [4.78, 5) is 11.8. The molecule has 0 aliphatic carbocycles. The van der Waals surface area contributed by atoms with Crippen LogP contribution in [-0.2, 0) is 17.8 Å². The molecule has 0 aromatic heterocycles. The van der Waals surface area contributed by atoms with E-state index in [-0.39, 0.29) is 18.3 Å². The average molecular weight is 273 g/mol. The fourth-order valence-corrected chi connectivity index (χ4v) is 1.92. The van der Waals surface area contributed by atoms with E-state index in [2.05, 4.69) is 5.32 Å². The van der Waals surface area contributed by atoms with E-state index in [0.717, 1.165) is 5.56 Å². The van der Waals surface area contributed by atoms with Crippen molar-refractivity contribution in [3.8, 4) is 5.75 Å². The first-order valence-electron chi connectivity index (χ1n) is 6.32. The molecule has 0 aliphatic rings. The quantitative estimate of drug-likeness (QED) is 0.909. The first kappa shape index (κ1) is 14.1. The highest BCUT2D eigenvalue weighted by Crippen LogP contribution is 2.18. The van der Waals surface area contributed by atoms with E-state index in [1.165, 1.54) is 19.2 Å². The zero-order valence-electron chi connectivity index (χ0n) is 11.2. The van der Waals surface area contributed by atoms with Gasteiger partial charge in [-0.25, -0.2) is 4.39 Å². The van der Waals surface area contributed by atoms with Crippen LogP contribution >= 0.6 is 0 Å². The van der Waals surface area contributed by atoms with Gasteiger partial charge < -0.3 is 10.1 Å². The molecular formula is C16H16FNO2. The number of rotatable bonds is 5. The lowest BCUT2D eigenvalue weighted by Gasteiger charge is -2.10. The number of hydrogen-bond acceptors (Lipinski definition) is 2. The van der Waals surface area contributed by atoms with Crippen molar-refractivity contribution in [3.63, 3.8) is 0 Å². The number of benzene rings is 2. The van der Waals surface area contributed by atoms with E-state index < -0.39 is 0 Å². The van der Waals surface area contributed by atoms with E-state index in [4.69, 9.17) is 4.74 Å². The minimum atomic E-state index is -0.349. The maximum Gasteiger partial charge on any atom is 0.224 e. The van der Waals surface area contributed by atoms with Gasteiger partial charge >= 0.3 is 0 Å². The summed E-state index contributed by atoms with van der Waals surface area (Å²) < 4.78 is 18.3. The predicted octanol–water partition coefficient (Wildman–Crippen LogP) is 2.69. The molecule has 2 rings (SSSR count). The van der Waals surface area contributed by atoms with Crippen molar-refractivity contribution in [2.45, 2.75) is 13.0 Å². The fourth-order valence-electron chi connectivity index (χ4n) is 1.92. The normalized spacial score (nSPS) is 10.1. The van der Waals surface area contributed by atoms with Crippen LogP contribution in [0, 0.1) is 5.82 Å². The molecule has 0 aliphatic heterocycles. The van der Waals surface area contributed by atoms with Crippen LogP contribution in [0.4, 0.5) is 4.39 Å². The number of halogens is 1. The van der Waals surface area contributed by atoms with Crippen molar-refractivity contribution in [1.82, 2.24) is 5.32 Å². The molecule has 1 N–H and O–H groups in total. The lowest BCUT2D eigenvalue weighted by molar-refractivity contribution is -0.120. The van der Waals surface area contributed by atoms with E-state index in [1.807, 2.05) is 30.3 Å². The molecule has 0 bridgehead atoms. The molecule has 0 spiro atoms. The van der Waals surface area contributed by atoms with Gasteiger partial charge in [0, 0.05) is 12.1 Å². The van der Waals surface area contributed by atoms with Gasteiger partial charge in [-0.3, -0.25) is 4.79 Å². The van der Waals surface area contributed by atoms with E-state index in [0.29, 0.717) is 17.7 Å². The van der Waals surface area contributed by atoms with Gasteiger partial charge in [-0.05, 0) is 23.8 Å². The molecule has 3 nitrogen and oxygen atoms in total. The van der Waals surface area contributed by atoms with Crippen LogP contribution < -0.4 is 10.1 Å². The van der Waals surface area contributed by atoms with Gasteiger partial charge in [0.05, 0.1) is 13.5 Å². The highest BCUT2D eigenvalue weighted by Gasteiger charge is 2.07. The van der Waals surface area contributed by atoms with Gasteiger partial charge in [0.25, 0.3) is 0 Å². The van der Waals surface area contributed by atoms with Crippen LogP contribution in [0.3, 0.4) is 0 Å². The molecule has 2 aromatic rings. The van der Waals surface area contributed by atoms with Crippen molar-refractivity contribution >= 4 is 5.91 Å². The SMILES string of the molecule is COc1ccc(F)cc1CNC(=O)Cc1ccccc1. The smallest absolute Gasteiger partial charge is 0.224 e. The molecule has 0 saturated heterocycles. The maximum atomic E-state index is 13.2. The highest BCUT2D eigenvalue weighted by atomic mass is 19.1. The number of nitrogens with one attached hydrogen (secondary N) is 1. The summed E-state index contributed by atoms with van der Waals surface area (Å²) in [5.41, 5.74) is 1.56. The van der Waals surface area contributed by atoms with Crippen molar-refractivity contribution < 1.29 is 13.9 Å². The molecular weight excluding hydrogens is 257 g/mol. The summed E-state index contributed by atoms with van der Waals surface area (Å²) >= 11 is 0. The average Bonchev–Trinajstić information content (AvgIpc) is 2.46. The number of carbonyl (C=O) groups excluding carboxylic acids is 1. The molecule has 0 heterocycles. The Labute approximate surface area is 117 Å². The molecule has 0 atom stereocenters. The minimum Gasteiger partial charge on any atom is -0.496 e. The Morgan fingerprint density at radius 2 is 1.95 bits per heavy atom. The third-order valence-corrected chi connectivity index (χ3v) is 2.93. The number of carbonyl (C=O) groups is 1. The molecule has 0 unspecified atom stereocenters. The molecule has 1 amide bonds. The predicted molar refractivity (Wildman–Crippen MR) is 74.9 cm³/mol. The van der Waals surface area contributed by atoms with Gasteiger partial charge in [-0.1, -0.05) is 30.3 Å². The van der Waals surface area contributed by atoms with Gasteiger partial charge in [0.2, 0.25) is 5.91 Å². The Bertz CT molecular complexity index is 584. The number of ether oxygens (including phenoxy) is 1. The first-order valence-corrected chi connectivity index (χ1v) is 6.32. The molecule has 2 aromatic carbocycles. The van der Waals surface area contributed by atoms with Crippen LogP contribution in [0.25, 0.3) is 0 Å². The van der Waals surface area contributed by atoms with E-state index in [9.17, 15) is 9.18 Å². The summed E-state index contributed by atoms with van der Waals surface area (Å²) in [5.74, 6) is 0.104. The van der Waals surface area contributed by atoms with Crippen LogP contribution in [-0.4, -0.2) is 13.0 Å². The van der Waals surface area contributed by atoms with Gasteiger partial charge in [0.15, 0.2) is 0 Å². The number of hydrogen-bond donors (Lipinski definition) is 1. The minimum absolute atomic E-state index is 0.109. The van der Waals surface area contributed by atoms with Crippen molar-refractivity contribution in [3.05, 3.63) is 65.5 Å². The summed E-state index contributed by atoms with van der Waals surface area (Å²) in [5, 5.41) is 2.76. The Hall–Kier alpha value is -2.36. The third-order valence-electron chi connectivity index (χ3n) is 2.93. The summed E-state index contributed by atoms with van der Waals surface area (Å²) in [7, 11) is 1.52. The Morgan fingerprint density at radius 3 is 2.65 bits per heavy atom. The monoisotopic (exact) mass is 273 g/mol. The Balaban J connectivity index is 1.95. The van der Waals surface area contributed by atoms with E-state index >= 15 is 0 Å². The lowest BCUT2D eigenvalue weighted by atomic mass is 10.1. The summed E-state index contributed by atoms with van der Waals surface area (Å²) in [6.07, 6.45) is 0.304. The van der Waals surface area contributed by atoms with Crippen LogP contribution in [0.15, 0.2) is 48.5 Å². The van der Waals surface area contributed by atoms with Crippen LogP contribution in [0.2, 0.25) is 0 Å². The lowest BCUT2D eigenvalue weighted by Crippen LogP contribution is -2.24. The second-order valence-electron chi connectivity index (χ2n) is 4.40. The Morgan fingerprint density at radius 1 is 1.20 bits per heavy atom. The topological polar surface area (TPSA) is 38.3 Å². The van der Waals surface area contributed by atoms with Crippen LogP contribution in [0.1, 0.15) is 11.1 Å². The Kier molecular flexibility index (Phi) is 4.71. The molecule has 20 heavy (non-hydrogen) atoms. The van der Waals surface area contributed by atoms with Crippen molar-refractivity contribution in [2.75, 3.05) is 7.11 Å². The highest BCUT2D eigenvalue weighted by molar-refractivity contribution is 5.78. The first-order chi connectivity index (χ1) is 9.69. The summed E-state index contributed by atoms with van der Waals surface area (Å²) in [6, 6.07) is 13.7. The molecule has 0 fully saturated rings. The number of methoxy groups -OCH3 is 1. The van der Waals surface area contributed by atoms with Gasteiger partial charge in [-0.15, -0.1) is 0 Å². The standard InChI is InChI=1S/C16H16FNO2/c1-20-15-8-7-14(17)10-13(15)11-18-16(19)9-12-5-3-2-4-6-12/h2-8,10H,9,11H2,1H3,(H,18,19). The fraction of sp³-hybridized carbons (Fsp3) is 0.188. The zero-order chi connectivity index (χ0) is 14.4. The third kappa shape index (κ3) is 3.82. The van der Waals surface area contributed by atoms with Crippen molar-refractivity contribution in [1.29, 1.82) is 0 Å². The van der Waals surface area contributed by atoms with Crippen molar-refractivity contribution in [2.24, 2.45) is 0 Å². The van der Waals surface area contributed by atoms with Gasteiger partial charge in [0.1, 0.15) is 11.6 Å². The zero-order valence-corrected chi connectivity index (χ0v) is 11.2. The molecule has 104 valence electrons. The molecule has 0 radical (unpaired) electrons.